The van der Waals surface area contributed by atoms with Crippen molar-refractivity contribution in [1.82, 2.24) is 19.5 Å². The molecule has 0 saturated carbocycles. The Morgan fingerprint density at radius 3 is 2.78 bits per heavy atom. The van der Waals surface area contributed by atoms with Crippen LogP contribution in [0.5, 0.6) is 0 Å². The monoisotopic (exact) mass is 340 g/mol. The highest BCUT2D eigenvalue weighted by Crippen LogP contribution is 2.36. The van der Waals surface area contributed by atoms with Gasteiger partial charge in [0.2, 0.25) is 15.9 Å². The van der Waals surface area contributed by atoms with Crippen molar-refractivity contribution >= 4 is 10.0 Å². The molecular weight excluding hydrogens is 323 g/mol. The highest BCUT2D eigenvalue weighted by atomic mass is 32.2. The average Bonchev–Trinajstić information content (AvgIpc) is 3.01. The fourth-order valence-electron chi connectivity index (χ4n) is 2.49. The van der Waals surface area contributed by atoms with Crippen LogP contribution in [0.2, 0.25) is 0 Å². The minimum absolute atomic E-state index is 0.0138. The van der Waals surface area contributed by atoms with Gasteiger partial charge in [-0.3, -0.25) is 9.37 Å². The summed E-state index contributed by atoms with van der Waals surface area (Å²) in [6.45, 7) is 1.74. The van der Waals surface area contributed by atoms with Crippen molar-refractivity contribution in [2.75, 3.05) is 25.5 Å². The van der Waals surface area contributed by atoms with E-state index in [1.165, 1.54) is 4.31 Å². The van der Waals surface area contributed by atoms with Crippen LogP contribution < -0.4 is 0 Å². The van der Waals surface area contributed by atoms with Crippen LogP contribution in [-0.2, 0) is 15.4 Å². The summed E-state index contributed by atoms with van der Waals surface area (Å²) in [6, 6.07) is 5.36. The van der Waals surface area contributed by atoms with Gasteiger partial charge in [-0.05, 0) is 25.5 Å². The first-order valence-corrected chi connectivity index (χ1v) is 8.85. The van der Waals surface area contributed by atoms with E-state index >= 15 is 0 Å². The highest BCUT2D eigenvalue weighted by Gasteiger charge is 2.49. The largest absolute Gasteiger partial charge is 0.419 e. The Morgan fingerprint density at radius 1 is 1.35 bits per heavy atom. The molecule has 23 heavy (non-hydrogen) atoms. The second kappa shape index (κ2) is 5.97. The first kappa shape index (κ1) is 16.0. The predicted molar refractivity (Wildman–Crippen MR) is 80.8 cm³/mol. The third-order valence-corrected chi connectivity index (χ3v) is 5.65. The molecule has 1 fully saturated rings. The standard InChI is InChI=1S/C14H17FN4O3S/c1-14(9-19(10-14)23(20,21)8-4-6-15)13-18-17-12(22-13)11-5-2-3-7-16-11/h2-3,5,7H,4,6,8-10H2,1H3. The van der Waals surface area contributed by atoms with E-state index in [2.05, 4.69) is 15.2 Å². The fraction of sp³-hybridized carbons (Fsp3) is 0.500. The molecule has 124 valence electrons. The number of nitrogens with zero attached hydrogens (tertiary/aromatic N) is 4. The van der Waals surface area contributed by atoms with Gasteiger partial charge in [-0.1, -0.05) is 6.07 Å². The molecule has 2 aromatic heterocycles. The zero-order chi connectivity index (χ0) is 16.5. The van der Waals surface area contributed by atoms with Crippen LogP contribution in [0, 0.1) is 0 Å². The molecule has 3 rings (SSSR count). The summed E-state index contributed by atoms with van der Waals surface area (Å²) >= 11 is 0. The molecule has 1 aliphatic rings. The average molecular weight is 340 g/mol. The minimum atomic E-state index is -3.42. The van der Waals surface area contributed by atoms with E-state index in [1.807, 2.05) is 13.0 Å². The molecule has 0 N–H and O–H groups in total. The van der Waals surface area contributed by atoms with Crippen molar-refractivity contribution in [2.24, 2.45) is 0 Å². The smallest absolute Gasteiger partial charge is 0.266 e. The molecule has 0 bridgehead atoms. The Labute approximate surface area is 133 Å². The number of alkyl halides is 1. The predicted octanol–water partition coefficient (Wildman–Crippen LogP) is 1.39. The van der Waals surface area contributed by atoms with Gasteiger partial charge >= 0.3 is 0 Å². The van der Waals surface area contributed by atoms with Crippen LogP contribution in [0.1, 0.15) is 19.2 Å². The summed E-state index contributed by atoms with van der Waals surface area (Å²) in [4.78, 5) is 4.14. The Bertz CT molecular complexity index is 772. The van der Waals surface area contributed by atoms with E-state index in [-0.39, 0.29) is 25.3 Å². The van der Waals surface area contributed by atoms with E-state index in [9.17, 15) is 12.8 Å². The maximum absolute atomic E-state index is 12.2. The van der Waals surface area contributed by atoms with Gasteiger partial charge in [0.15, 0.2) is 0 Å². The molecule has 0 radical (unpaired) electrons. The third-order valence-electron chi connectivity index (χ3n) is 3.81. The van der Waals surface area contributed by atoms with E-state index in [0.717, 1.165) is 0 Å². The molecule has 7 nitrogen and oxygen atoms in total. The van der Waals surface area contributed by atoms with Gasteiger partial charge in [-0.15, -0.1) is 10.2 Å². The van der Waals surface area contributed by atoms with Crippen LogP contribution in [-0.4, -0.2) is 53.4 Å². The van der Waals surface area contributed by atoms with Crippen molar-refractivity contribution in [2.45, 2.75) is 18.8 Å². The molecule has 1 saturated heterocycles. The molecule has 0 atom stereocenters. The molecule has 0 aliphatic carbocycles. The first-order valence-electron chi connectivity index (χ1n) is 7.24. The Hall–Kier alpha value is -1.87. The lowest BCUT2D eigenvalue weighted by Crippen LogP contribution is -2.60. The Balaban J connectivity index is 1.71. The topological polar surface area (TPSA) is 89.2 Å². The molecule has 1 aliphatic heterocycles. The number of halogens is 1. The van der Waals surface area contributed by atoms with Gasteiger partial charge in [0.05, 0.1) is 17.8 Å². The zero-order valence-electron chi connectivity index (χ0n) is 12.6. The van der Waals surface area contributed by atoms with Crippen molar-refractivity contribution in [3.05, 3.63) is 30.3 Å². The lowest BCUT2D eigenvalue weighted by Gasteiger charge is -2.44. The summed E-state index contributed by atoms with van der Waals surface area (Å²) < 4.78 is 43.1. The number of rotatable bonds is 6. The van der Waals surface area contributed by atoms with Gasteiger partial charge in [-0.2, -0.15) is 4.31 Å². The van der Waals surface area contributed by atoms with E-state index < -0.39 is 22.1 Å². The van der Waals surface area contributed by atoms with Crippen molar-refractivity contribution in [3.63, 3.8) is 0 Å². The summed E-state index contributed by atoms with van der Waals surface area (Å²) in [6.07, 6.45) is 1.64. The molecule has 0 spiro atoms. The highest BCUT2D eigenvalue weighted by molar-refractivity contribution is 7.89. The van der Waals surface area contributed by atoms with Crippen LogP contribution in [0.3, 0.4) is 0 Å². The number of aromatic nitrogens is 3. The van der Waals surface area contributed by atoms with Crippen molar-refractivity contribution in [3.8, 4) is 11.6 Å². The maximum atomic E-state index is 12.2. The van der Waals surface area contributed by atoms with Gasteiger partial charge < -0.3 is 4.42 Å². The summed E-state index contributed by atoms with van der Waals surface area (Å²) in [5.74, 6) is 0.512. The first-order chi connectivity index (χ1) is 10.9. The van der Waals surface area contributed by atoms with Crippen LogP contribution >= 0.6 is 0 Å². The molecule has 2 aromatic rings. The third kappa shape index (κ3) is 3.11. The summed E-state index contributed by atoms with van der Waals surface area (Å²) in [5, 5.41) is 8.00. The number of pyridine rings is 1. The SMILES string of the molecule is CC1(c2nnc(-c3ccccn3)o2)CN(S(=O)(=O)CCCF)C1. The molecule has 0 amide bonds. The second-order valence-electron chi connectivity index (χ2n) is 5.81. The zero-order valence-corrected chi connectivity index (χ0v) is 13.5. The molecule has 0 unspecified atom stereocenters. The molecular formula is C14H17FN4O3S. The van der Waals surface area contributed by atoms with Gasteiger partial charge in [0.25, 0.3) is 5.89 Å². The number of hydrogen-bond acceptors (Lipinski definition) is 6. The van der Waals surface area contributed by atoms with Crippen LogP contribution in [0.15, 0.2) is 28.8 Å². The lowest BCUT2D eigenvalue weighted by molar-refractivity contribution is 0.139. The normalized spacial score (nSPS) is 17.8. The number of hydrogen-bond donors (Lipinski definition) is 0. The van der Waals surface area contributed by atoms with Crippen molar-refractivity contribution < 1.29 is 17.2 Å². The van der Waals surface area contributed by atoms with E-state index in [4.69, 9.17) is 4.42 Å². The van der Waals surface area contributed by atoms with Gasteiger partial charge in [0, 0.05) is 19.3 Å². The van der Waals surface area contributed by atoms with E-state index in [1.54, 1.807) is 18.3 Å². The second-order valence-corrected chi connectivity index (χ2v) is 7.90. The molecule has 9 heteroatoms. The van der Waals surface area contributed by atoms with Crippen molar-refractivity contribution in [1.29, 1.82) is 0 Å². The molecule has 3 heterocycles. The lowest BCUT2D eigenvalue weighted by atomic mass is 9.84. The van der Waals surface area contributed by atoms with Gasteiger partial charge in [0.1, 0.15) is 5.69 Å². The Morgan fingerprint density at radius 2 is 2.13 bits per heavy atom. The van der Waals surface area contributed by atoms with E-state index in [0.29, 0.717) is 17.5 Å². The Kier molecular flexibility index (Phi) is 4.15. The van der Waals surface area contributed by atoms with Crippen LogP contribution in [0.25, 0.3) is 11.6 Å². The summed E-state index contributed by atoms with van der Waals surface area (Å²) in [7, 11) is -3.42. The fourth-order valence-corrected chi connectivity index (χ4v) is 4.19. The number of sulfonamides is 1. The summed E-state index contributed by atoms with van der Waals surface area (Å²) in [5.41, 5.74) is 0.0459. The quantitative estimate of drug-likeness (QED) is 0.789. The minimum Gasteiger partial charge on any atom is -0.419 e. The maximum Gasteiger partial charge on any atom is 0.266 e. The van der Waals surface area contributed by atoms with Gasteiger partial charge in [-0.25, -0.2) is 8.42 Å². The molecule has 0 aromatic carbocycles. The van der Waals surface area contributed by atoms with Crippen LogP contribution in [0.4, 0.5) is 4.39 Å².